The first-order valence-electron chi connectivity index (χ1n) is 6.64. The van der Waals surface area contributed by atoms with Gasteiger partial charge in [-0.3, -0.25) is 4.90 Å². The van der Waals surface area contributed by atoms with Gasteiger partial charge in [-0.15, -0.1) is 11.3 Å². The molecule has 0 aliphatic heterocycles. The summed E-state index contributed by atoms with van der Waals surface area (Å²) in [6.07, 6.45) is 3.33. The quantitative estimate of drug-likeness (QED) is 0.749. The molecule has 0 bridgehead atoms. The number of nitrogens with two attached hydrogens (primary N) is 1. The maximum atomic E-state index is 5.65. The molecule has 0 aliphatic rings. The van der Waals surface area contributed by atoms with E-state index in [0.29, 0.717) is 11.2 Å². The molecule has 5 heteroatoms. The molecule has 104 valence electrons. The van der Waals surface area contributed by atoms with Gasteiger partial charge in [-0.2, -0.15) is 0 Å². The van der Waals surface area contributed by atoms with Crippen molar-refractivity contribution in [2.75, 3.05) is 32.5 Å². The van der Waals surface area contributed by atoms with Crippen molar-refractivity contribution < 1.29 is 4.74 Å². The lowest BCUT2D eigenvalue weighted by atomic mass is 10.1. The van der Waals surface area contributed by atoms with Crippen LogP contribution in [-0.2, 0) is 11.2 Å². The second kappa shape index (κ2) is 8.45. The molecule has 1 rings (SSSR count). The van der Waals surface area contributed by atoms with Crippen LogP contribution in [0.1, 0.15) is 32.4 Å². The number of hydrogen-bond acceptors (Lipinski definition) is 5. The highest BCUT2D eigenvalue weighted by Crippen LogP contribution is 2.14. The monoisotopic (exact) mass is 271 g/mol. The number of ether oxygens (including phenoxy) is 1. The van der Waals surface area contributed by atoms with E-state index in [1.807, 2.05) is 0 Å². The highest BCUT2D eigenvalue weighted by molar-refractivity contribution is 7.13. The number of rotatable bonds is 9. The van der Waals surface area contributed by atoms with Crippen LogP contribution in [0.15, 0.2) is 5.38 Å². The van der Waals surface area contributed by atoms with Crippen molar-refractivity contribution in [3.63, 3.8) is 0 Å². The molecule has 0 saturated carbocycles. The Hall–Kier alpha value is -0.650. The number of nitrogens with zero attached hydrogens (tertiary/aromatic N) is 2. The summed E-state index contributed by atoms with van der Waals surface area (Å²) in [6, 6.07) is 0.635. The van der Waals surface area contributed by atoms with Gasteiger partial charge >= 0.3 is 0 Å². The zero-order valence-corrected chi connectivity index (χ0v) is 12.5. The molecule has 0 spiro atoms. The number of anilines is 1. The Labute approximate surface area is 114 Å². The van der Waals surface area contributed by atoms with Gasteiger partial charge in [0.1, 0.15) is 0 Å². The zero-order valence-electron chi connectivity index (χ0n) is 11.7. The molecule has 0 radical (unpaired) electrons. The van der Waals surface area contributed by atoms with Crippen LogP contribution in [0.3, 0.4) is 0 Å². The Morgan fingerprint density at radius 3 is 2.61 bits per heavy atom. The second-order valence-corrected chi connectivity index (χ2v) is 5.32. The van der Waals surface area contributed by atoms with E-state index in [-0.39, 0.29) is 0 Å². The maximum absolute atomic E-state index is 5.65. The van der Waals surface area contributed by atoms with Gasteiger partial charge in [-0.05, 0) is 12.8 Å². The third-order valence-corrected chi connectivity index (χ3v) is 3.99. The van der Waals surface area contributed by atoms with Crippen LogP contribution >= 0.6 is 11.3 Å². The lowest BCUT2D eigenvalue weighted by Crippen LogP contribution is -2.38. The van der Waals surface area contributed by atoms with E-state index in [0.717, 1.165) is 31.8 Å². The van der Waals surface area contributed by atoms with E-state index in [2.05, 4.69) is 29.1 Å². The molecule has 0 unspecified atom stereocenters. The smallest absolute Gasteiger partial charge is 0.180 e. The van der Waals surface area contributed by atoms with Crippen LogP contribution in [-0.4, -0.2) is 42.7 Å². The minimum absolute atomic E-state index is 0.635. The third kappa shape index (κ3) is 4.92. The van der Waals surface area contributed by atoms with E-state index in [9.17, 15) is 0 Å². The van der Waals surface area contributed by atoms with Crippen LogP contribution in [0.2, 0.25) is 0 Å². The molecule has 0 atom stereocenters. The van der Waals surface area contributed by atoms with Gasteiger partial charge in [0.2, 0.25) is 0 Å². The molecule has 1 heterocycles. The van der Waals surface area contributed by atoms with E-state index in [1.54, 1.807) is 7.11 Å². The fourth-order valence-electron chi connectivity index (χ4n) is 2.19. The van der Waals surface area contributed by atoms with Crippen molar-refractivity contribution in [3.05, 3.63) is 11.1 Å². The normalized spacial score (nSPS) is 11.6. The summed E-state index contributed by atoms with van der Waals surface area (Å²) < 4.78 is 5.19. The third-order valence-electron chi connectivity index (χ3n) is 3.27. The SMILES string of the molecule is CCC(CC)N(CCOC)CCc1csc(N)n1. The fraction of sp³-hybridized carbons (Fsp3) is 0.769. The van der Waals surface area contributed by atoms with Crippen molar-refractivity contribution in [2.45, 2.75) is 39.2 Å². The molecular weight excluding hydrogens is 246 g/mol. The largest absolute Gasteiger partial charge is 0.383 e. The van der Waals surface area contributed by atoms with E-state index >= 15 is 0 Å². The Bertz CT molecular complexity index is 326. The average Bonchev–Trinajstić information content (AvgIpc) is 2.79. The lowest BCUT2D eigenvalue weighted by Gasteiger charge is -2.29. The van der Waals surface area contributed by atoms with Crippen LogP contribution in [0.4, 0.5) is 5.13 Å². The highest BCUT2D eigenvalue weighted by Gasteiger charge is 2.15. The molecule has 0 aliphatic carbocycles. The molecule has 1 aromatic heterocycles. The number of nitrogen functional groups attached to an aromatic ring is 1. The van der Waals surface area contributed by atoms with Gasteiger partial charge < -0.3 is 10.5 Å². The number of thiazole rings is 1. The van der Waals surface area contributed by atoms with Gasteiger partial charge in [0.05, 0.1) is 12.3 Å². The summed E-state index contributed by atoms with van der Waals surface area (Å²) in [4.78, 5) is 6.81. The Kier molecular flexibility index (Phi) is 7.23. The van der Waals surface area contributed by atoms with E-state index in [4.69, 9.17) is 10.5 Å². The van der Waals surface area contributed by atoms with Gasteiger partial charge in [-0.1, -0.05) is 13.8 Å². The standard InChI is InChI=1S/C13H25N3OS/c1-4-12(5-2)16(8-9-17-3)7-6-11-10-18-13(14)15-11/h10,12H,4-9H2,1-3H3,(H2,14,15). The van der Waals surface area contributed by atoms with Crippen LogP contribution in [0, 0.1) is 0 Å². The molecule has 2 N–H and O–H groups in total. The molecule has 0 saturated heterocycles. The van der Waals surface area contributed by atoms with E-state index < -0.39 is 0 Å². The Morgan fingerprint density at radius 2 is 2.11 bits per heavy atom. The Balaban J connectivity index is 2.49. The molecule has 1 aromatic rings. The minimum atomic E-state index is 0.635. The summed E-state index contributed by atoms with van der Waals surface area (Å²) in [5, 5.41) is 2.72. The van der Waals surface area contributed by atoms with Gasteiger partial charge in [0, 0.05) is 38.0 Å². The van der Waals surface area contributed by atoms with Crippen molar-refractivity contribution in [1.29, 1.82) is 0 Å². The molecule has 0 aromatic carbocycles. The lowest BCUT2D eigenvalue weighted by molar-refractivity contribution is 0.116. The molecule has 0 amide bonds. The molecular formula is C13H25N3OS. The maximum Gasteiger partial charge on any atom is 0.180 e. The highest BCUT2D eigenvalue weighted by atomic mass is 32.1. The van der Waals surface area contributed by atoms with Crippen molar-refractivity contribution in [1.82, 2.24) is 9.88 Å². The number of methoxy groups -OCH3 is 1. The summed E-state index contributed by atoms with van der Waals surface area (Å²) in [5.41, 5.74) is 6.75. The molecule has 18 heavy (non-hydrogen) atoms. The van der Waals surface area contributed by atoms with Gasteiger partial charge in [0.15, 0.2) is 5.13 Å². The average molecular weight is 271 g/mol. The second-order valence-electron chi connectivity index (χ2n) is 4.43. The van der Waals surface area contributed by atoms with Crippen molar-refractivity contribution in [2.24, 2.45) is 0 Å². The predicted molar refractivity (Wildman–Crippen MR) is 78.0 cm³/mol. The topological polar surface area (TPSA) is 51.4 Å². The van der Waals surface area contributed by atoms with Crippen LogP contribution in [0.25, 0.3) is 0 Å². The summed E-state index contributed by atoms with van der Waals surface area (Å²) in [5.74, 6) is 0. The molecule has 0 fully saturated rings. The zero-order chi connectivity index (χ0) is 13.4. The van der Waals surface area contributed by atoms with E-state index in [1.165, 1.54) is 24.2 Å². The summed E-state index contributed by atoms with van der Waals surface area (Å²) in [6.45, 7) is 7.29. The summed E-state index contributed by atoms with van der Waals surface area (Å²) >= 11 is 1.52. The number of hydrogen-bond donors (Lipinski definition) is 1. The summed E-state index contributed by atoms with van der Waals surface area (Å²) in [7, 11) is 1.76. The van der Waals surface area contributed by atoms with Crippen molar-refractivity contribution in [3.8, 4) is 0 Å². The fourth-order valence-corrected chi connectivity index (χ4v) is 2.78. The number of aromatic nitrogens is 1. The van der Waals surface area contributed by atoms with Crippen molar-refractivity contribution >= 4 is 16.5 Å². The first-order valence-corrected chi connectivity index (χ1v) is 7.52. The Morgan fingerprint density at radius 1 is 1.39 bits per heavy atom. The molecule has 4 nitrogen and oxygen atoms in total. The van der Waals surface area contributed by atoms with Gasteiger partial charge in [0.25, 0.3) is 0 Å². The minimum Gasteiger partial charge on any atom is -0.383 e. The first kappa shape index (κ1) is 15.4. The predicted octanol–water partition coefficient (Wildman–Crippen LogP) is 2.40. The van der Waals surface area contributed by atoms with Crippen LogP contribution < -0.4 is 5.73 Å². The first-order chi connectivity index (χ1) is 8.71. The van der Waals surface area contributed by atoms with Gasteiger partial charge in [-0.25, -0.2) is 4.98 Å². The van der Waals surface area contributed by atoms with Crippen LogP contribution in [0.5, 0.6) is 0 Å².